The van der Waals surface area contributed by atoms with Crippen molar-refractivity contribution in [3.8, 4) is 0 Å². The fourth-order valence-electron chi connectivity index (χ4n) is 1.48. The molecule has 0 aromatic heterocycles. The monoisotopic (exact) mass is 196 g/mol. The van der Waals surface area contributed by atoms with E-state index in [1.807, 2.05) is 0 Å². The molecule has 0 N–H and O–H groups in total. The number of Topliss-reactive ketones (excluding diaryl/α,β-unsaturated/α-hetero) is 1. The van der Waals surface area contributed by atoms with Crippen LogP contribution in [0, 0.1) is 11.8 Å². The summed E-state index contributed by atoms with van der Waals surface area (Å²) in [6, 6.07) is 0. The largest absolute Gasteiger partial charge is 0.299 e. The van der Waals surface area contributed by atoms with Crippen molar-refractivity contribution in [3.63, 3.8) is 0 Å². The maximum atomic E-state index is 11.8. The third kappa shape index (κ3) is 5.21. The van der Waals surface area contributed by atoms with E-state index in [4.69, 9.17) is 0 Å². The summed E-state index contributed by atoms with van der Waals surface area (Å²) in [5.41, 5.74) is 1.24. The number of rotatable bonds is 6. The van der Waals surface area contributed by atoms with Crippen LogP contribution in [0.4, 0.5) is 0 Å². The predicted molar refractivity (Wildman–Crippen MR) is 62.3 cm³/mol. The van der Waals surface area contributed by atoms with Crippen molar-refractivity contribution in [1.82, 2.24) is 0 Å². The highest BCUT2D eigenvalue weighted by Crippen LogP contribution is 2.16. The van der Waals surface area contributed by atoms with Crippen LogP contribution in [0.15, 0.2) is 11.6 Å². The Morgan fingerprint density at radius 3 is 2.14 bits per heavy atom. The van der Waals surface area contributed by atoms with Crippen LogP contribution in [0.3, 0.4) is 0 Å². The number of carbonyl (C=O) groups excluding carboxylic acids is 1. The minimum absolute atomic E-state index is 0.147. The lowest BCUT2D eigenvalue weighted by Crippen LogP contribution is -2.14. The molecule has 0 aliphatic carbocycles. The van der Waals surface area contributed by atoms with Gasteiger partial charge < -0.3 is 0 Å². The lowest BCUT2D eigenvalue weighted by Gasteiger charge is -2.13. The molecular formula is C13H24O. The molecule has 1 heteroatoms. The predicted octanol–water partition coefficient (Wildman–Crippen LogP) is 3.98. The van der Waals surface area contributed by atoms with Gasteiger partial charge in [-0.3, -0.25) is 4.79 Å². The van der Waals surface area contributed by atoms with Gasteiger partial charge >= 0.3 is 0 Å². The molecule has 0 rings (SSSR count). The number of carbonyl (C=O) groups is 1. The standard InChI is InChI=1S/C13H24O/c1-6-11(5)9-13(14)12(7-2)8-10(3)4/h8,11-12H,6-7,9H2,1-5H3. The van der Waals surface area contributed by atoms with Crippen molar-refractivity contribution >= 4 is 5.78 Å². The molecule has 82 valence electrons. The molecule has 0 aromatic carbocycles. The van der Waals surface area contributed by atoms with Crippen LogP contribution in [-0.4, -0.2) is 5.78 Å². The Bertz CT molecular complexity index is 199. The molecule has 0 spiro atoms. The lowest BCUT2D eigenvalue weighted by atomic mass is 9.91. The van der Waals surface area contributed by atoms with Crippen molar-refractivity contribution in [3.05, 3.63) is 11.6 Å². The molecule has 0 fully saturated rings. The van der Waals surface area contributed by atoms with Gasteiger partial charge in [0.05, 0.1) is 0 Å². The average molecular weight is 196 g/mol. The molecule has 0 aliphatic heterocycles. The van der Waals surface area contributed by atoms with E-state index >= 15 is 0 Å². The van der Waals surface area contributed by atoms with Crippen LogP contribution in [0.5, 0.6) is 0 Å². The van der Waals surface area contributed by atoms with Crippen molar-refractivity contribution in [2.24, 2.45) is 11.8 Å². The lowest BCUT2D eigenvalue weighted by molar-refractivity contribution is -0.122. The van der Waals surface area contributed by atoms with Crippen LogP contribution >= 0.6 is 0 Å². The second kappa shape index (κ2) is 6.80. The van der Waals surface area contributed by atoms with Gasteiger partial charge in [0, 0.05) is 12.3 Å². The first kappa shape index (κ1) is 13.4. The highest BCUT2D eigenvalue weighted by Gasteiger charge is 2.15. The van der Waals surface area contributed by atoms with Crippen molar-refractivity contribution in [2.45, 2.75) is 53.9 Å². The quantitative estimate of drug-likeness (QED) is 0.587. The van der Waals surface area contributed by atoms with Crippen LogP contribution in [0.2, 0.25) is 0 Å². The Morgan fingerprint density at radius 1 is 1.21 bits per heavy atom. The second-order valence-electron chi connectivity index (χ2n) is 4.44. The summed E-state index contributed by atoms with van der Waals surface area (Å²) in [4.78, 5) is 11.8. The minimum atomic E-state index is 0.147. The number of ketones is 1. The third-order valence-electron chi connectivity index (χ3n) is 2.63. The molecule has 1 nitrogen and oxygen atoms in total. The van der Waals surface area contributed by atoms with Gasteiger partial charge in [-0.05, 0) is 26.2 Å². The zero-order chi connectivity index (χ0) is 11.1. The fourth-order valence-corrected chi connectivity index (χ4v) is 1.48. The van der Waals surface area contributed by atoms with Gasteiger partial charge in [0.2, 0.25) is 0 Å². The van der Waals surface area contributed by atoms with Crippen LogP contribution in [0.1, 0.15) is 53.9 Å². The molecule has 0 amide bonds. The molecule has 2 unspecified atom stereocenters. The molecule has 0 bridgehead atoms. The Morgan fingerprint density at radius 2 is 1.79 bits per heavy atom. The van der Waals surface area contributed by atoms with E-state index in [0.29, 0.717) is 11.7 Å². The fraction of sp³-hybridized carbons (Fsp3) is 0.769. The van der Waals surface area contributed by atoms with E-state index in [0.717, 1.165) is 19.3 Å². The van der Waals surface area contributed by atoms with Gasteiger partial charge in [0.25, 0.3) is 0 Å². The normalized spacial score (nSPS) is 14.6. The molecule has 0 aromatic rings. The average Bonchev–Trinajstić information content (AvgIpc) is 2.13. The van der Waals surface area contributed by atoms with E-state index in [2.05, 4.69) is 40.7 Å². The summed E-state index contributed by atoms with van der Waals surface area (Å²) in [5.74, 6) is 1.08. The zero-order valence-electron chi connectivity index (χ0n) is 10.3. The maximum absolute atomic E-state index is 11.8. The van der Waals surface area contributed by atoms with Crippen LogP contribution in [0.25, 0.3) is 0 Å². The Hall–Kier alpha value is -0.590. The first-order valence-electron chi connectivity index (χ1n) is 5.68. The Kier molecular flexibility index (Phi) is 6.52. The van der Waals surface area contributed by atoms with Gasteiger partial charge in [-0.1, -0.05) is 38.8 Å². The summed E-state index contributed by atoms with van der Waals surface area (Å²) < 4.78 is 0. The summed E-state index contributed by atoms with van der Waals surface area (Å²) in [5, 5.41) is 0. The summed E-state index contributed by atoms with van der Waals surface area (Å²) in [6.45, 7) is 10.5. The number of hydrogen-bond donors (Lipinski definition) is 0. The van der Waals surface area contributed by atoms with Gasteiger partial charge in [0.15, 0.2) is 0 Å². The number of allylic oxidation sites excluding steroid dienone is 2. The summed E-state index contributed by atoms with van der Waals surface area (Å²) in [6.07, 6.45) is 4.86. The van der Waals surface area contributed by atoms with E-state index in [9.17, 15) is 4.79 Å². The highest BCUT2D eigenvalue weighted by molar-refractivity contribution is 5.82. The molecule has 0 heterocycles. The minimum Gasteiger partial charge on any atom is -0.299 e. The summed E-state index contributed by atoms with van der Waals surface area (Å²) in [7, 11) is 0. The smallest absolute Gasteiger partial charge is 0.139 e. The number of hydrogen-bond acceptors (Lipinski definition) is 1. The second-order valence-corrected chi connectivity index (χ2v) is 4.44. The SMILES string of the molecule is CCC(C)CC(=O)C(C=C(C)C)CC. The van der Waals surface area contributed by atoms with Crippen molar-refractivity contribution < 1.29 is 4.79 Å². The molecule has 2 atom stereocenters. The van der Waals surface area contributed by atoms with E-state index in [1.165, 1.54) is 5.57 Å². The molecule has 0 saturated carbocycles. The van der Waals surface area contributed by atoms with Gasteiger partial charge in [-0.2, -0.15) is 0 Å². The van der Waals surface area contributed by atoms with Gasteiger partial charge in [0.1, 0.15) is 5.78 Å². The van der Waals surface area contributed by atoms with Crippen LogP contribution < -0.4 is 0 Å². The molecule has 0 radical (unpaired) electrons. The van der Waals surface area contributed by atoms with E-state index in [-0.39, 0.29) is 5.92 Å². The molecule has 0 aliphatic rings. The summed E-state index contributed by atoms with van der Waals surface area (Å²) >= 11 is 0. The topological polar surface area (TPSA) is 17.1 Å². The van der Waals surface area contributed by atoms with Crippen molar-refractivity contribution in [1.29, 1.82) is 0 Å². The Labute approximate surface area is 88.6 Å². The van der Waals surface area contributed by atoms with Gasteiger partial charge in [-0.25, -0.2) is 0 Å². The first-order valence-corrected chi connectivity index (χ1v) is 5.68. The molecule has 0 saturated heterocycles. The molecule has 14 heavy (non-hydrogen) atoms. The molecular weight excluding hydrogens is 172 g/mol. The van der Waals surface area contributed by atoms with Gasteiger partial charge in [-0.15, -0.1) is 0 Å². The highest BCUT2D eigenvalue weighted by atomic mass is 16.1. The zero-order valence-corrected chi connectivity index (χ0v) is 10.3. The Balaban J connectivity index is 4.25. The first-order chi connectivity index (χ1) is 6.51. The van der Waals surface area contributed by atoms with Crippen molar-refractivity contribution in [2.75, 3.05) is 0 Å². The van der Waals surface area contributed by atoms with E-state index < -0.39 is 0 Å². The third-order valence-corrected chi connectivity index (χ3v) is 2.63. The van der Waals surface area contributed by atoms with Crippen LogP contribution in [-0.2, 0) is 4.79 Å². The maximum Gasteiger partial charge on any atom is 0.139 e. The van der Waals surface area contributed by atoms with E-state index in [1.54, 1.807) is 0 Å².